The van der Waals surface area contributed by atoms with Gasteiger partial charge >= 0.3 is 0 Å². The molecule has 3 N–H and O–H groups in total. The molecule has 0 aliphatic rings. The summed E-state index contributed by atoms with van der Waals surface area (Å²) in [5.41, 5.74) is 5.32. The van der Waals surface area contributed by atoms with Crippen LogP contribution in [0.25, 0.3) is 0 Å². The third-order valence-corrected chi connectivity index (χ3v) is 2.41. The van der Waals surface area contributed by atoms with E-state index in [0.29, 0.717) is 0 Å². The molecule has 5 nitrogen and oxygen atoms in total. The predicted octanol–water partition coefficient (Wildman–Crippen LogP) is 1.55. The molecule has 0 aromatic heterocycles. The van der Waals surface area contributed by atoms with Crippen molar-refractivity contribution in [2.45, 2.75) is 52.5 Å². The first kappa shape index (κ1) is 14.7. The Hall–Kier alpha value is -1.26. The van der Waals surface area contributed by atoms with Crippen molar-refractivity contribution < 1.29 is 10.0 Å². The highest BCUT2D eigenvalue weighted by molar-refractivity contribution is 5.98. The lowest BCUT2D eigenvalue weighted by Crippen LogP contribution is -2.39. The van der Waals surface area contributed by atoms with Gasteiger partial charge in [0.15, 0.2) is 0 Å². The van der Waals surface area contributed by atoms with Crippen molar-refractivity contribution in [1.29, 1.82) is 0 Å². The molecule has 16 heavy (non-hydrogen) atoms. The van der Waals surface area contributed by atoms with Gasteiger partial charge in [0.25, 0.3) is 0 Å². The van der Waals surface area contributed by atoms with Gasteiger partial charge in [-0.25, -0.2) is 0 Å². The van der Waals surface area contributed by atoms with Crippen molar-refractivity contribution in [2.75, 3.05) is 6.54 Å². The Balaban J connectivity index is 4.24. The standard InChI is InChI=1S/C11H23N3O2/c1-4-5-6-7-14(9(2)3)11(15)8-10(12)13-16/h9,16H,4-8H2,1-3H3,(H2,12,13). The summed E-state index contributed by atoms with van der Waals surface area (Å²) >= 11 is 0. The predicted molar refractivity (Wildman–Crippen MR) is 64.4 cm³/mol. The van der Waals surface area contributed by atoms with E-state index in [9.17, 15) is 4.79 Å². The lowest BCUT2D eigenvalue weighted by molar-refractivity contribution is -0.131. The second-order valence-electron chi connectivity index (χ2n) is 4.16. The summed E-state index contributed by atoms with van der Waals surface area (Å²) in [7, 11) is 0. The smallest absolute Gasteiger partial charge is 0.230 e. The lowest BCUT2D eigenvalue weighted by Gasteiger charge is -2.26. The molecule has 0 radical (unpaired) electrons. The number of hydrogen-bond donors (Lipinski definition) is 2. The van der Waals surface area contributed by atoms with E-state index in [0.717, 1.165) is 25.8 Å². The number of rotatable bonds is 7. The molecule has 0 aliphatic heterocycles. The summed E-state index contributed by atoms with van der Waals surface area (Å²) in [5.74, 6) is -0.118. The summed E-state index contributed by atoms with van der Waals surface area (Å²) in [6.07, 6.45) is 3.22. The van der Waals surface area contributed by atoms with E-state index in [-0.39, 0.29) is 24.2 Å². The molecule has 0 atom stereocenters. The topological polar surface area (TPSA) is 78.9 Å². The number of carbonyl (C=O) groups is 1. The van der Waals surface area contributed by atoms with Crippen LogP contribution in [0.2, 0.25) is 0 Å². The van der Waals surface area contributed by atoms with Gasteiger partial charge in [-0.1, -0.05) is 24.9 Å². The molecule has 0 aromatic carbocycles. The highest BCUT2D eigenvalue weighted by atomic mass is 16.4. The minimum absolute atomic E-state index is 0.0131. The summed E-state index contributed by atoms with van der Waals surface area (Å²) in [4.78, 5) is 13.6. The minimum Gasteiger partial charge on any atom is -0.409 e. The summed E-state index contributed by atoms with van der Waals surface area (Å²) in [6.45, 7) is 6.80. The maximum Gasteiger partial charge on any atom is 0.230 e. The van der Waals surface area contributed by atoms with Gasteiger partial charge in [0, 0.05) is 12.6 Å². The number of nitrogens with zero attached hydrogens (tertiary/aromatic N) is 2. The first-order chi connectivity index (χ1) is 7.52. The Morgan fingerprint density at radius 1 is 1.44 bits per heavy atom. The van der Waals surface area contributed by atoms with Crippen molar-refractivity contribution >= 4 is 11.7 Å². The van der Waals surface area contributed by atoms with E-state index in [1.54, 1.807) is 4.90 Å². The Labute approximate surface area is 97.3 Å². The van der Waals surface area contributed by atoms with Crippen molar-refractivity contribution in [3.63, 3.8) is 0 Å². The number of unbranched alkanes of at least 4 members (excludes halogenated alkanes) is 2. The van der Waals surface area contributed by atoms with Crippen molar-refractivity contribution in [3.05, 3.63) is 0 Å². The van der Waals surface area contributed by atoms with Crippen LogP contribution in [-0.4, -0.2) is 34.4 Å². The molecular weight excluding hydrogens is 206 g/mol. The molecule has 0 bridgehead atoms. The van der Waals surface area contributed by atoms with Crippen LogP contribution in [0.5, 0.6) is 0 Å². The second kappa shape index (κ2) is 7.96. The molecule has 94 valence electrons. The van der Waals surface area contributed by atoms with Gasteiger partial charge in [-0.2, -0.15) is 0 Å². The van der Waals surface area contributed by atoms with Gasteiger partial charge in [0.05, 0.1) is 6.42 Å². The molecule has 5 heteroatoms. The van der Waals surface area contributed by atoms with Gasteiger partial charge in [0.2, 0.25) is 5.91 Å². The van der Waals surface area contributed by atoms with Crippen LogP contribution in [0.4, 0.5) is 0 Å². The second-order valence-corrected chi connectivity index (χ2v) is 4.16. The number of nitrogens with two attached hydrogens (primary N) is 1. The zero-order valence-electron chi connectivity index (χ0n) is 10.4. The summed E-state index contributed by atoms with van der Waals surface area (Å²) < 4.78 is 0. The minimum atomic E-state index is -0.0820. The van der Waals surface area contributed by atoms with Gasteiger partial charge in [-0.3, -0.25) is 4.79 Å². The lowest BCUT2D eigenvalue weighted by atomic mass is 10.2. The van der Waals surface area contributed by atoms with Gasteiger partial charge in [0.1, 0.15) is 5.84 Å². The van der Waals surface area contributed by atoms with Crippen LogP contribution in [-0.2, 0) is 4.79 Å². The highest BCUT2D eigenvalue weighted by Gasteiger charge is 2.17. The quantitative estimate of drug-likeness (QED) is 0.228. The van der Waals surface area contributed by atoms with E-state index in [2.05, 4.69) is 12.1 Å². The average Bonchev–Trinajstić information content (AvgIpc) is 2.23. The average molecular weight is 229 g/mol. The highest BCUT2D eigenvalue weighted by Crippen LogP contribution is 2.05. The Morgan fingerprint density at radius 2 is 2.06 bits per heavy atom. The Kier molecular flexibility index (Phi) is 7.33. The molecule has 0 unspecified atom stereocenters. The number of hydrogen-bond acceptors (Lipinski definition) is 3. The molecule has 1 amide bonds. The third-order valence-electron chi connectivity index (χ3n) is 2.41. The zero-order valence-corrected chi connectivity index (χ0v) is 10.4. The molecule has 0 aromatic rings. The third kappa shape index (κ3) is 5.58. The molecule has 0 heterocycles. The fraction of sp³-hybridized carbons (Fsp3) is 0.818. The van der Waals surface area contributed by atoms with Crippen molar-refractivity contribution in [1.82, 2.24) is 4.90 Å². The largest absolute Gasteiger partial charge is 0.409 e. The van der Waals surface area contributed by atoms with E-state index in [1.165, 1.54) is 0 Å². The summed E-state index contributed by atoms with van der Waals surface area (Å²) in [6, 6.07) is 0.149. The fourth-order valence-corrected chi connectivity index (χ4v) is 1.49. The zero-order chi connectivity index (χ0) is 12.6. The first-order valence-electron chi connectivity index (χ1n) is 5.78. The van der Waals surface area contributed by atoms with Crippen molar-refractivity contribution in [3.8, 4) is 0 Å². The Morgan fingerprint density at radius 3 is 2.50 bits per heavy atom. The molecule has 0 rings (SSSR count). The maximum absolute atomic E-state index is 11.8. The van der Waals surface area contributed by atoms with Crippen LogP contribution < -0.4 is 5.73 Å². The summed E-state index contributed by atoms with van der Waals surface area (Å²) in [5, 5.41) is 11.2. The number of amidine groups is 1. The number of oxime groups is 1. The van der Waals surface area contributed by atoms with Gasteiger partial charge in [-0.15, -0.1) is 0 Å². The van der Waals surface area contributed by atoms with Crippen LogP contribution in [0.15, 0.2) is 5.16 Å². The molecule has 0 saturated heterocycles. The van der Waals surface area contributed by atoms with Crippen LogP contribution in [0.1, 0.15) is 46.5 Å². The first-order valence-corrected chi connectivity index (χ1v) is 5.78. The fourth-order valence-electron chi connectivity index (χ4n) is 1.49. The maximum atomic E-state index is 11.8. The van der Waals surface area contributed by atoms with Crippen LogP contribution in [0.3, 0.4) is 0 Å². The van der Waals surface area contributed by atoms with Crippen molar-refractivity contribution in [2.24, 2.45) is 10.9 Å². The van der Waals surface area contributed by atoms with E-state index in [1.807, 2.05) is 13.8 Å². The van der Waals surface area contributed by atoms with E-state index >= 15 is 0 Å². The number of carbonyl (C=O) groups excluding carboxylic acids is 1. The van der Waals surface area contributed by atoms with E-state index < -0.39 is 0 Å². The SMILES string of the molecule is CCCCCN(C(=O)CC(N)=NO)C(C)C. The van der Waals surface area contributed by atoms with E-state index in [4.69, 9.17) is 10.9 Å². The molecule has 0 fully saturated rings. The van der Waals surface area contributed by atoms with Gasteiger partial charge in [-0.05, 0) is 20.3 Å². The molecule has 0 aliphatic carbocycles. The Bertz CT molecular complexity index is 239. The van der Waals surface area contributed by atoms with Crippen LogP contribution >= 0.6 is 0 Å². The number of amides is 1. The van der Waals surface area contributed by atoms with Gasteiger partial charge < -0.3 is 15.8 Å². The van der Waals surface area contributed by atoms with Crippen LogP contribution in [0, 0.1) is 0 Å². The monoisotopic (exact) mass is 229 g/mol. The molecular formula is C11H23N3O2. The molecule has 0 saturated carbocycles. The normalized spacial score (nSPS) is 11.9. The molecule has 0 spiro atoms.